The van der Waals surface area contributed by atoms with Gasteiger partial charge in [0, 0.05) is 6.42 Å². The summed E-state index contributed by atoms with van der Waals surface area (Å²) in [6, 6.07) is 0. The monoisotopic (exact) mass is 696 g/mol. The fourth-order valence-corrected chi connectivity index (χ4v) is 2.81. The third kappa shape index (κ3) is 8.88. The molecule has 0 aromatic carbocycles. The first-order valence-electron chi connectivity index (χ1n) is 12.0. The molecule has 1 saturated heterocycles. The first-order chi connectivity index (χ1) is 19.8. The van der Waals surface area contributed by atoms with Crippen molar-refractivity contribution in [2.75, 3.05) is 72.7 Å². The highest BCUT2D eigenvalue weighted by atomic mass is 19.4. The molecule has 44 heavy (non-hydrogen) atoms. The van der Waals surface area contributed by atoms with E-state index in [1.165, 1.54) is 0 Å². The lowest BCUT2D eigenvalue weighted by molar-refractivity contribution is -0.462. The largest absolute Gasteiger partial charge is 0.460 e. The summed E-state index contributed by atoms with van der Waals surface area (Å²) in [6.07, 6.45) is -10.3. The Hall–Kier alpha value is -1.43. The van der Waals surface area contributed by atoms with Crippen LogP contribution in [0.25, 0.3) is 0 Å². The zero-order chi connectivity index (χ0) is 34.3. The van der Waals surface area contributed by atoms with Gasteiger partial charge in [0.25, 0.3) is 0 Å². The number of alkyl halides is 17. The lowest BCUT2D eigenvalue weighted by atomic mass is 9.88. The summed E-state index contributed by atoms with van der Waals surface area (Å²) in [5.41, 5.74) is 0. The maximum absolute atomic E-state index is 13.8. The summed E-state index contributed by atoms with van der Waals surface area (Å²) >= 11 is 0. The standard InChI is InChI=1S/C21H25F17O6/c22-14(23,1-2-39-3-4-40-5-6-41-7-8-42-9-10-43-11-13-12-44-13)15(24,25)16(26,27)17(28,29)18(30,31)19(32,33)20(34,35)21(36,37)38/h13H,1-12H2. The third-order valence-corrected chi connectivity index (χ3v) is 5.54. The minimum absolute atomic E-state index is 0.0367. The van der Waals surface area contributed by atoms with Gasteiger partial charge in [-0.2, -0.15) is 74.6 Å². The molecule has 0 aromatic heterocycles. The van der Waals surface area contributed by atoms with Crippen LogP contribution in [0, 0.1) is 0 Å². The van der Waals surface area contributed by atoms with Gasteiger partial charge in [-0.1, -0.05) is 0 Å². The maximum atomic E-state index is 13.8. The highest BCUT2D eigenvalue weighted by Crippen LogP contribution is 2.64. The van der Waals surface area contributed by atoms with Crippen molar-refractivity contribution in [2.24, 2.45) is 0 Å². The molecule has 1 aliphatic rings. The van der Waals surface area contributed by atoms with E-state index in [0.717, 1.165) is 0 Å². The Bertz CT molecular complexity index is 864. The fourth-order valence-electron chi connectivity index (χ4n) is 2.81. The molecule has 0 N–H and O–H groups in total. The van der Waals surface area contributed by atoms with Gasteiger partial charge in [-0.3, -0.25) is 0 Å². The van der Waals surface area contributed by atoms with Crippen LogP contribution in [0.2, 0.25) is 0 Å². The molecule has 1 rings (SSSR count). The second-order valence-electron chi connectivity index (χ2n) is 8.88. The normalized spacial score (nSPS) is 17.8. The van der Waals surface area contributed by atoms with Gasteiger partial charge in [0.1, 0.15) is 6.10 Å². The Balaban J connectivity index is 2.51. The van der Waals surface area contributed by atoms with E-state index in [-0.39, 0.29) is 39.1 Å². The van der Waals surface area contributed by atoms with Crippen molar-refractivity contribution in [1.82, 2.24) is 0 Å². The van der Waals surface area contributed by atoms with Crippen molar-refractivity contribution in [3.8, 4) is 0 Å². The van der Waals surface area contributed by atoms with E-state index >= 15 is 0 Å². The Labute approximate surface area is 237 Å². The van der Waals surface area contributed by atoms with Crippen molar-refractivity contribution in [3.05, 3.63) is 0 Å². The highest BCUT2D eigenvalue weighted by molar-refractivity contribution is 5.15. The molecule has 0 saturated carbocycles. The molecule has 0 aromatic rings. The van der Waals surface area contributed by atoms with Gasteiger partial charge in [0.15, 0.2) is 0 Å². The molecule has 264 valence electrons. The van der Waals surface area contributed by atoms with Gasteiger partial charge in [-0.05, 0) is 0 Å². The molecule has 1 fully saturated rings. The van der Waals surface area contributed by atoms with Gasteiger partial charge < -0.3 is 28.4 Å². The number of epoxide rings is 1. The molecule has 1 heterocycles. The van der Waals surface area contributed by atoms with E-state index < -0.39 is 73.9 Å². The molecule has 0 amide bonds. The van der Waals surface area contributed by atoms with Gasteiger partial charge in [-0.25, -0.2) is 0 Å². The summed E-state index contributed by atoms with van der Waals surface area (Å²) in [5, 5.41) is 0. The molecule has 6 nitrogen and oxygen atoms in total. The molecular formula is C21H25F17O6. The Morgan fingerprint density at radius 2 is 0.705 bits per heavy atom. The number of halogens is 17. The second-order valence-corrected chi connectivity index (χ2v) is 8.88. The average Bonchev–Trinajstić information content (AvgIpc) is 3.71. The van der Waals surface area contributed by atoms with Crippen LogP contribution in [0.4, 0.5) is 74.6 Å². The number of hydrogen-bond donors (Lipinski definition) is 0. The van der Waals surface area contributed by atoms with Crippen molar-refractivity contribution in [1.29, 1.82) is 0 Å². The molecule has 0 spiro atoms. The first kappa shape index (κ1) is 40.6. The van der Waals surface area contributed by atoms with Crippen LogP contribution < -0.4 is 0 Å². The van der Waals surface area contributed by atoms with Gasteiger partial charge in [0.05, 0.1) is 72.7 Å². The van der Waals surface area contributed by atoms with E-state index in [2.05, 4.69) is 4.74 Å². The minimum atomic E-state index is -8.65. The van der Waals surface area contributed by atoms with Crippen LogP contribution in [0.3, 0.4) is 0 Å². The van der Waals surface area contributed by atoms with Crippen molar-refractivity contribution in [3.63, 3.8) is 0 Å². The van der Waals surface area contributed by atoms with E-state index in [9.17, 15) is 74.6 Å². The molecule has 0 bridgehead atoms. The summed E-state index contributed by atoms with van der Waals surface area (Å²) in [7, 11) is 0. The topological polar surface area (TPSA) is 58.7 Å². The third-order valence-electron chi connectivity index (χ3n) is 5.54. The lowest BCUT2D eigenvalue weighted by Gasteiger charge is -2.42. The van der Waals surface area contributed by atoms with E-state index in [0.29, 0.717) is 19.8 Å². The van der Waals surface area contributed by atoms with Crippen LogP contribution in [-0.4, -0.2) is 126 Å². The number of hydrogen-bond acceptors (Lipinski definition) is 6. The maximum Gasteiger partial charge on any atom is 0.460 e. The predicted octanol–water partition coefficient (Wildman–Crippen LogP) is 5.87. The fraction of sp³-hybridized carbons (Fsp3) is 1.00. The van der Waals surface area contributed by atoms with E-state index in [1.807, 2.05) is 0 Å². The quantitative estimate of drug-likeness (QED) is 0.0758. The Morgan fingerprint density at radius 3 is 1.05 bits per heavy atom. The predicted molar refractivity (Wildman–Crippen MR) is 109 cm³/mol. The molecular weight excluding hydrogens is 671 g/mol. The van der Waals surface area contributed by atoms with E-state index in [4.69, 9.17) is 23.7 Å². The summed E-state index contributed by atoms with van der Waals surface area (Å²) in [4.78, 5) is 0. The molecule has 0 radical (unpaired) electrons. The van der Waals surface area contributed by atoms with Gasteiger partial charge >= 0.3 is 47.6 Å². The summed E-state index contributed by atoms with van der Waals surface area (Å²) in [6.45, 7) is -1.08. The number of rotatable bonds is 23. The van der Waals surface area contributed by atoms with Crippen molar-refractivity contribution >= 4 is 0 Å². The van der Waals surface area contributed by atoms with Crippen molar-refractivity contribution < 1.29 is 103 Å². The van der Waals surface area contributed by atoms with Crippen molar-refractivity contribution in [2.45, 2.75) is 60.2 Å². The molecule has 23 heteroatoms. The zero-order valence-corrected chi connectivity index (χ0v) is 21.9. The second kappa shape index (κ2) is 15.0. The zero-order valence-electron chi connectivity index (χ0n) is 21.9. The van der Waals surface area contributed by atoms with Crippen LogP contribution in [0.1, 0.15) is 6.42 Å². The van der Waals surface area contributed by atoms with E-state index in [1.54, 1.807) is 0 Å². The lowest BCUT2D eigenvalue weighted by Crippen LogP contribution is -2.74. The van der Waals surface area contributed by atoms with Gasteiger partial charge in [0.2, 0.25) is 0 Å². The highest BCUT2D eigenvalue weighted by Gasteiger charge is 2.95. The minimum Gasteiger partial charge on any atom is -0.379 e. The summed E-state index contributed by atoms with van der Waals surface area (Å²) < 4.78 is 254. The first-order valence-corrected chi connectivity index (χ1v) is 12.0. The number of ether oxygens (including phenoxy) is 6. The van der Waals surface area contributed by atoms with Crippen LogP contribution in [0.5, 0.6) is 0 Å². The van der Waals surface area contributed by atoms with Crippen LogP contribution in [-0.2, 0) is 28.4 Å². The average molecular weight is 696 g/mol. The molecule has 1 aliphatic heterocycles. The summed E-state index contributed by atoms with van der Waals surface area (Å²) in [5.74, 6) is -56.5. The van der Waals surface area contributed by atoms with Gasteiger partial charge in [-0.15, -0.1) is 0 Å². The smallest absolute Gasteiger partial charge is 0.379 e. The van der Waals surface area contributed by atoms with Crippen LogP contribution in [0.15, 0.2) is 0 Å². The molecule has 0 aliphatic carbocycles. The SMILES string of the molecule is FC(F)(F)C(F)(F)C(F)(F)C(F)(F)C(F)(F)C(F)(F)C(F)(F)C(F)(F)CCOCCOCCOCCOCCOCC1CO1. The van der Waals surface area contributed by atoms with Crippen LogP contribution >= 0.6 is 0 Å². The molecule has 1 atom stereocenters. The molecule has 1 unspecified atom stereocenters. The Kier molecular flexibility index (Phi) is 13.8. The Morgan fingerprint density at radius 1 is 0.409 bits per heavy atom.